The van der Waals surface area contributed by atoms with Crippen LogP contribution in [0.15, 0.2) is 42.5 Å². The molecule has 12 heteroatoms. The number of benzene rings is 2. The fraction of sp³-hybridized carbons (Fsp3) is 0.533. The van der Waals surface area contributed by atoms with E-state index in [9.17, 15) is 36.6 Å². The number of nitrogens with one attached hydrogen (secondary N) is 1. The van der Waals surface area contributed by atoms with Crippen molar-refractivity contribution in [2.75, 3.05) is 13.2 Å². The molecule has 3 rings (SSSR count). The Morgan fingerprint density at radius 2 is 1.64 bits per heavy atom. The second-order valence-electron chi connectivity index (χ2n) is 11.2. The predicted octanol–water partition coefficient (Wildman–Crippen LogP) is 6.31. The first-order valence-electron chi connectivity index (χ1n) is 13.8. The molecule has 0 aliphatic carbocycles. The summed E-state index contributed by atoms with van der Waals surface area (Å²) in [6.07, 6.45) is -8.68. The van der Waals surface area contributed by atoms with E-state index in [4.69, 9.17) is 9.47 Å². The van der Waals surface area contributed by atoms with Crippen LogP contribution in [0.5, 0.6) is 11.5 Å². The number of ether oxygens (including phenoxy) is 2. The third kappa shape index (κ3) is 6.96. The molecule has 2 aromatic carbocycles. The molecule has 2 N–H and O–H groups in total. The van der Waals surface area contributed by atoms with E-state index in [1.54, 1.807) is 45.0 Å². The first-order valence-corrected chi connectivity index (χ1v) is 13.8. The number of carbonyl (C=O) groups is 2. The summed E-state index contributed by atoms with van der Waals surface area (Å²) in [7, 11) is 0. The molecule has 1 fully saturated rings. The zero-order chi connectivity index (χ0) is 31.5. The fourth-order valence-corrected chi connectivity index (χ4v) is 4.76. The van der Waals surface area contributed by atoms with Crippen LogP contribution in [0.25, 0.3) is 0 Å². The highest BCUT2D eigenvalue weighted by molar-refractivity contribution is 6.07. The van der Waals surface area contributed by atoms with E-state index in [1.165, 1.54) is 0 Å². The summed E-state index contributed by atoms with van der Waals surface area (Å²) in [6.45, 7) is 9.24. The number of unbranched alkanes of at least 4 members (excludes halogenated alkanes) is 1. The lowest BCUT2D eigenvalue weighted by atomic mass is 9.90. The van der Waals surface area contributed by atoms with Crippen LogP contribution >= 0.6 is 0 Å². The van der Waals surface area contributed by atoms with Gasteiger partial charge in [-0.3, -0.25) is 9.69 Å². The SMILES string of the molecule is CC(C)Cc1cc(C(O)(C(F)F)C(F)(F)F)ccc1OCCCCN1C(=O)NC(C)(c2ccc(OC(C)C)cc2)C1=O. The standard InChI is InChI=1S/C30H37F5N2O5/c1-18(2)16-20-17-22(29(40,25(31)32)30(33,34)35)10-13-24(20)41-15-7-6-14-37-26(38)28(5,36-27(37)39)21-8-11-23(12-9-21)42-19(3)4/h8-13,17-19,25,40H,6-7,14-16H2,1-5H3,(H,36,39). The maximum absolute atomic E-state index is 13.4. The van der Waals surface area contributed by atoms with Crippen LogP contribution in [0.3, 0.4) is 0 Å². The maximum Gasteiger partial charge on any atom is 0.427 e. The molecule has 3 amide bonds. The minimum absolute atomic E-state index is 0.0141. The molecule has 0 radical (unpaired) electrons. The van der Waals surface area contributed by atoms with Gasteiger partial charge in [0, 0.05) is 6.54 Å². The summed E-state index contributed by atoms with van der Waals surface area (Å²) in [5.41, 5.74) is -5.66. The van der Waals surface area contributed by atoms with Gasteiger partial charge in [0.1, 0.15) is 17.0 Å². The van der Waals surface area contributed by atoms with Gasteiger partial charge < -0.3 is 19.9 Å². The molecule has 232 valence electrons. The fourth-order valence-electron chi connectivity index (χ4n) is 4.76. The number of rotatable bonds is 13. The molecule has 2 unspecified atom stereocenters. The monoisotopic (exact) mass is 600 g/mol. The van der Waals surface area contributed by atoms with Crippen molar-refractivity contribution in [3.05, 3.63) is 59.2 Å². The number of urea groups is 1. The smallest absolute Gasteiger partial charge is 0.427 e. The quantitative estimate of drug-likeness (QED) is 0.160. The molecular weight excluding hydrogens is 563 g/mol. The Kier molecular flexibility index (Phi) is 10.1. The lowest BCUT2D eigenvalue weighted by Crippen LogP contribution is -2.48. The van der Waals surface area contributed by atoms with Crippen LogP contribution in [0.4, 0.5) is 26.7 Å². The van der Waals surface area contributed by atoms with Gasteiger partial charge in [0.15, 0.2) is 0 Å². The van der Waals surface area contributed by atoms with Gasteiger partial charge in [-0.2, -0.15) is 13.2 Å². The van der Waals surface area contributed by atoms with Gasteiger partial charge in [-0.05, 0) is 86.9 Å². The molecule has 0 bridgehead atoms. The molecule has 1 aliphatic heterocycles. The first kappa shape index (κ1) is 33.1. The van der Waals surface area contributed by atoms with Crippen LogP contribution in [0.1, 0.15) is 64.2 Å². The second-order valence-corrected chi connectivity index (χ2v) is 11.2. The van der Waals surface area contributed by atoms with Gasteiger partial charge in [0.05, 0.1) is 12.7 Å². The predicted molar refractivity (Wildman–Crippen MR) is 145 cm³/mol. The molecule has 42 heavy (non-hydrogen) atoms. The van der Waals surface area contributed by atoms with Gasteiger partial charge in [0.25, 0.3) is 12.3 Å². The summed E-state index contributed by atoms with van der Waals surface area (Å²) < 4.78 is 78.3. The molecular formula is C30H37F5N2O5. The zero-order valence-electron chi connectivity index (χ0n) is 24.2. The van der Waals surface area contributed by atoms with E-state index in [0.29, 0.717) is 24.2 Å². The highest BCUT2D eigenvalue weighted by Crippen LogP contribution is 2.44. The molecule has 1 aliphatic rings. The molecule has 2 atom stereocenters. The Labute approximate surface area is 242 Å². The third-order valence-corrected chi connectivity index (χ3v) is 6.99. The van der Waals surface area contributed by atoms with Crippen LogP contribution in [-0.2, 0) is 22.4 Å². The lowest BCUT2D eigenvalue weighted by Gasteiger charge is -2.30. The van der Waals surface area contributed by atoms with Gasteiger partial charge >= 0.3 is 12.2 Å². The number of hydrogen-bond acceptors (Lipinski definition) is 5. The topological polar surface area (TPSA) is 88.1 Å². The van der Waals surface area contributed by atoms with E-state index >= 15 is 0 Å². The number of nitrogens with zero attached hydrogens (tertiary/aromatic N) is 1. The van der Waals surface area contributed by atoms with Crippen molar-refractivity contribution in [2.24, 2.45) is 5.92 Å². The van der Waals surface area contributed by atoms with Crippen molar-refractivity contribution in [3.63, 3.8) is 0 Å². The average Bonchev–Trinajstić information content (AvgIpc) is 3.11. The van der Waals surface area contributed by atoms with E-state index in [2.05, 4.69) is 5.32 Å². The van der Waals surface area contributed by atoms with Crippen LogP contribution in [0, 0.1) is 5.92 Å². The summed E-state index contributed by atoms with van der Waals surface area (Å²) in [6, 6.07) is 9.23. The molecule has 0 aromatic heterocycles. The van der Waals surface area contributed by atoms with Crippen molar-refractivity contribution >= 4 is 11.9 Å². The highest BCUT2D eigenvalue weighted by Gasteiger charge is 2.61. The number of carbonyl (C=O) groups excluding carboxylic acids is 2. The van der Waals surface area contributed by atoms with E-state index in [0.717, 1.165) is 23.1 Å². The van der Waals surface area contributed by atoms with Gasteiger partial charge in [-0.15, -0.1) is 0 Å². The van der Waals surface area contributed by atoms with Crippen molar-refractivity contribution < 1.29 is 46.1 Å². The Bertz CT molecular complexity index is 1250. The van der Waals surface area contributed by atoms with Gasteiger partial charge in [-0.25, -0.2) is 13.6 Å². The highest BCUT2D eigenvalue weighted by atomic mass is 19.4. The molecule has 0 spiro atoms. The Morgan fingerprint density at radius 3 is 2.19 bits per heavy atom. The summed E-state index contributed by atoms with van der Waals surface area (Å²) in [5.74, 6) is 0.402. The Morgan fingerprint density at radius 1 is 1.00 bits per heavy atom. The minimum Gasteiger partial charge on any atom is -0.493 e. The lowest BCUT2D eigenvalue weighted by molar-refractivity contribution is -0.305. The van der Waals surface area contributed by atoms with Crippen LogP contribution in [-0.4, -0.2) is 53.8 Å². The summed E-state index contributed by atoms with van der Waals surface area (Å²) >= 11 is 0. The van der Waals surface area contributed by atoms with E-state index in [1.807, 2.05) is 13.8 Å². The van der Waals surface area contributed by atoms with Crippen molar-refractivity contribution in [3.8, 4) is 11.5 Å². The minimum atomic E-state index is -5.58. The molecule has 0 saturated carbocycles. The van der Waals surface area contributed by atoms with Crippen LogP contribution in [0.2, 0.25) is 0 Å². The van der Waals surface area contributed by atoms with Crippen molar-refractivity contribution in [1.29, 1.82) is 0 Å². The normalized spacial score (nSPS) is 19.0. The number of alkyl halides is 5. The maximum atomic E-state index is 13.4. The van der Waals surface area contributed by atoms with Gasteiger partial charge in [-0.1, -0.05) is 32.0 Å². The summed E-state index contributed by atoms with van der Waals surface area (Å²) in [5, 5.41) is 12.7. The molecule has 7 nitrogen and oxygen atoms in total. The Balaban J connectivity index is 1.63. The second kappa shape index (κ2) is 12.8. The summed E-state index contributed by atoms with van der Waals surface area (Å²) in [4.78, 5) is 26.9. The number of imide groups is 1. The number of amides is 3. The third-order valence-electron chi connectivity index (χ3n) is 6.99. The molecule has 2 aromatic rings. The number of aliphatic hydroxyl groups is 1. The van der Waals surface area contributed by atoms with Crippen molar-refractivity contribution in [1.82, 2.24) is 10.2 Å². The zero-order valence-corrected chi connectivity index (χ0v) is 24.2. The van der Waals surface area contributed by atoms with E-state index in [-0.39, 0.29) is 42.9 Å². The first-order chi connectivity index (χ1) is 19.5. The number of halogens is 5. The van der Waals surface area contributed by atoms with E-state index < -0.39 is 41.2 Å². The molecule has 1 saturated heterocycles. The Hall–Kier alpha value is -3.41. The average molecular weight is 601 g/mol. The number of hydrogen-bond donors (Lipinski definition) is 2. The van der Waals surface area contributed by atoms with Crippen molar-refractivity contribution in [2.45, 2.75) is 83.7 Å². The van der Waals surface area contributed by atoms with Gasteiger partial charge in [0.2, 0.25) is 5.60 Å². The molecule has 1 heterocycles. The van der Waals surface area contributed by atoms with Crippen LogP contribution < -0.4 is 14.8 Å². The largest absolute Gasteiger partial charge is 0.493 e.